The fourth-order valence-electron chi connectivity index (χ4n) is 3.04. The molecule has 0 saturated heterocycles. The third-order valence-electron chi connectivity index (χ3n) is 4.43. The average molecular weight is 422 g/mol. The lowest BCUT2D eigenvalue weighted by atomic mass is 10.3. The zero-order chi connectivity index (χ0) is 20.3. The predicted octanol–water partition coefficient (Wildman–Crippen LogP) is 4.85. The molecule has 0 radical (unpaired) electrons. The van der Waals surface area contributed by atoms with E-state index in [4.69, 9.17) is 23.2 Å². The summed E-state index contributed by atoms with van der Waals surface area (Å²) in [6, 6.07) is 5.66. The number of nitrogens with one attached hydrogen (secondary N) is 3. The molecule has 0 bridgehead atoms. The van der Waals surface area contributed by atoms with Crippen molar-refractivity contribution >= 4 is 51.9 Å². The second kappa shape index (κ2) is 8.94. The number of benzene rings is 1. The summed E-state index contributed by atoms with van der Waals surface area (Å²) in [6.07, 6.45) is 0. The fourth-order valence-corrected chi connectivity index (χ4v) is 3.36. The van der Waals surface area contributed by atoms with E-state index in [0.29, 0.717) is 21.9 Å². The normalized spacial score (nSPS) is 12.5. The van der Waals surface area contributed by atoms with Crippen molar-refractivity contribution < 1.29 is 0 Å². The number of fused-ring (bicyclic) bond motifs is 1. The number of H-pyrrole nitrogens is 1. The smallest absolute Gasteiger partial charge is 0.231 e. The monoisotopic (exact) mass is 421 g/mol. The highest BCUT2D eigenvalue weighted by molar-refractivity contribution is 6.42. The molecular formula is C19H25Cl2N7. The van der Waals surface area contributed by atoms with Crippen molar-refractivity contribution in [3.05, 3.63) is 33.9 Å². The Hall–Kier alpha value is -2.09. The number of anilines is 3. The van der Waals surface area contributed by atoms with Gasteiger partial charge in [0.25, 0.3) is 0 Å². The number of hydrogen-bond acceptors (Lipinski definition) is 6. The molecule has 2 heterocycles. The van der Waals surface area contributed by atoms with Gasteiger partial charge in [0.15, 0.2) is 0 Å². The Bertz CT molecular complexity index is 914. The number of likely N-dealkylation sites (N-methyl/N-ethyl adjacent to an activating group) is 1. The number of aromatic nitrogens is 4. The topological polar surface area (TPSA) is 81.8 Å². The quantitative estimate of drug-likeness (QED) is 0.481. The molecule has 0 saturated carbocycles. The van der Waals surface area contributed by atoms with Crippen LogP contribution < -0.4 is 10.6 Å². The number of rotatable bonds is 8. The molecular weight excluding hydrogens is 397 g/mol. The molecule has 150 valence electrons. The molecule has 3 rings (SSSR count). The summed E-state index contributed by atoms with van der Waals surface area (Å²) in [5.74, 6) is 1.77. The van der Waals surface area contributed by atoms with E-state index in [9.17, 15) is 0 Å². The number of aromatic amines is 1. The van der Waals surface area contributed by atoms with Gasteiger partial charge in [-0.25, -0.2) is 9.97 Å². The maximum atomic E-state index is 6.07. The van der Waals surface area contributed by atoms with E-state index < -0.39 is 0 Å². The molecule has 0 aliphatic carbocycles. The Morgan fingerprint density at radius 3 is 2.50 bits per heavy atom. The molecule has 2 aromatic heterocycles. The van der Waals surface area contributed by atoms with Crippen molar-refractivity contribution in [3.63, 3.8) is 0 Å². The molecule has 1 aromatic carbocycles. The van der Waals surface area contributed by atoms with Crippen LogP contribution in [0.25, 0.3) is 11.0 Å². The molecule has 0 amide bonds. The number of nitrogens with zero attached hydrogens (tertiary/aromatic N) is 4. The highest BCUT2D eigenvalue weighted by atomic mass is 35.5. The van der Waals surface area contributed by atoms with Crippen LogP contribution in [0.1, 0.15) is 26.5 Å². The van der Waals surface area contributed by atoms with Crippen LogP contribution in [0.3, 0.4) is 0 Å². The van der Waals surface area contributed by atoms with Gasteiger partial charge in [-0.1, -0.05) is 37.0 Å². The Labute approximate surface area is 174 Å². The van der Waals surface area contributed by atoms with E-state index in [1.165, 1.54) is 0 Å². The lowest BCUT2D eigenvalue weighted by Gasteiger charge is -2.23. The van der Waals surface area contributed by atoms with Crippen LogP contribution in [0.2, 0.25) is 10.0 Å². The van der Waals surface area contributed by atoms with Crippen LogP contribution in [-0.4, -0.2) is 50.5 Å². The van der Waals surface area contributed by atoms with Crippen LogP contribution in [0.15, 0.2) is 18.2 Å². The summed E-state index contributed by atoms with van der Waals surface area (Å²) < 4.78 is 0. The highest BCUT2D eigenvalue weighted by Gasteiger charge is 2.11. The molecule has 1 unspecified atom stereocenters. The average Bonchev–Trinajstić information content (AvgIpc) is 3.00. The van der Waals surface area contributed by atoms with Gasteiger partial charge in [0.2, 0.25) is 11.9 Å². The van der Waals surface area contributed by atoms with Gasteiger partial charge in [-0.3, -0.25) is 5.32 Å². The Kier molecular flexibility index (Phi) is 6.59. The van der Waals surface area contributed by atoms with Crippen LogP contribution >= 0.6 is 23.2 Å². The molecule has 1 atom stereocenters. The number of hydrogen-bond donors (Lipinski definition) is 3. The van der Waals surface area contributed by atoms with Crippen molar-refractivity contribution in [3.8, 4) is 0 Å². The first-order valence-electron chi connectivity index (χ1n) is 9.34. The third-order valence-corrected chi connectivity index (χ3v) is 5.15. The summed E-state index contributed by atoms with van der Waals surface area (Å²) in [6.45, 7) is 11.4. The van der Waals surface area contributed by atoms with Crippen molar-refractivity contribution in [2.45, 2.75) is 33.7 Å². The van der Waals surface area contributed by atoms with Gasteiger partial charge in [0, 0.05) is 24.3 Å². The molecule has 3 aromatic rings. The largest absolute Gasteiger partial charge is 0.366 e. The first-order chi connectivity index (χ1) is 13.4. The zero-order valence-electron chi connectivity index (χ0n) is 16.5. The summed E-state index contributed by atoms with van der Waals surface area (Å²) in [7, 11) is 0. The molecule has 0 aliphatic heterocycles. The van der Waals surface area contributed by atoms with Crippen molar-refractivity contribution in [2.75, 3.05) is 30.3 Å². The minimum atomic E-state index is 0.262. The van der Waals surface area contributed by atoms with Gasteiger partial charge in [-0.2, -0.15) is 4.98 Å². The molecule has 0 aliphatic rings. The minimum absolute atomic E-state index is 0.262. The summed E-state index contributed by atoms with van der Waals surface area (Å²) in [4.78, 5) is 19.0. The van der Waals surface area contributed by atoms with E-state index in [0.717, 1.165) is 42.2 Å². The van der Waals surface area contributed by atoms with E-state index in [1.807, 2.05) is 13.0 Å². The predicted molar refractivity (Wildman–Crippen MR) is 117 cm³/mol. The maximum Gasteiger partial charge on any atom is 0.231 e. The second-order valence-electron chi connectivity index (χ2n) is 6.74. The van der Waals surface area contributed by atoms with E-state index in [1.54, 1.807) is 12.1 Å². The Morgan fingerprint density at radius 2 is 1.79 bits per heavy atom. The number of aryl methyl sites for hydroxylation is 1. The van der Waals surface area contributed by atoms with E-state index >= 15 is 0 Å². The maximum absolute atomic E-state index is 6.07. The molecule has 7 nitrogen and oxygen atoms in total. The number of imidazole rings is 1. The van der Waals surface area contributed by atoms with Gasteiger partial charge in [0.05, 0.1) is 21.1 Å². The summed E-state index contributed by atoms with van der Waals surface area (Å²) in [5, 5.41) is 7.52. The first-order valence-corrected chi connectivity index (χ1v) is 10.1. The third kappa shape index (κ3) is 5.04. The zero-order valence-corrected chi connectivity index (χ0v) is 18.0. The number of halogens is 2. The van der Waals surface area contributed by atoms with Crippen LogP contribution in [0, 0.1) is 6.92 Å². The van der Waals surface area contributed by atoms with Gasteiger partial charge in [-0.15, -0.1) is 0 Å². The molecule has 3 N–H and O–H groups in total. The van der Waals surface area contributed by atoms with Gasteiger partial charge >= 0.3 is 0 Å². The van der Waals surface area contributed by atoms with E-state index in [-0.39, 0.29) is 6.04 Å². The Balaban J connectivity index is 1.76. The lowest BCUT2D eigenvalue weighted by molar-refractivity contribution is 0.294. The lowest BCUT2D eigenvalue weighted by Crippen LogP contribution is -2.35. The van der Waals surface area contributed by atoms with Crippen LogP contribution in [0.5, 0.6) is 0 Å². The molecule has 0 spiro atoms. The van der Waals surface area contributed by atoms with E-state index in [2.05, 4.69) is 56.2 Å². The molecule has 0 fully saturated rings. The van der Waals surface area contributed by atoms with Crippen LogP contribution in [0.4, 0.5) is 17.7 Å². The van der Waals surface area contributed by atoms with Crippen molar-refractivity contribution in [2.24, 2.45) is 0 Å². The molecule has 9 heteroatoms. The van der Waals surface area contributed by atoms with Gasteiger partial charge in [-0.05, 0) is 39.1 Å². The highest BCUT2D eigenvalue weighted by Crippen LogP contribution is 2.28. The van der Waals surface area contributed by atoms with Crippen molar-refractivity contribution in [1.82, 2.24) is 24.8 Å². The second-order valence-corrected chi connectivity index (χ2v) is 7.56. The minimum Gasteiger partial charge on any atom is -0.366 e. The Morgan fingerprint density at radius 1 is 1.07 bits per heavy atom. The summed E-state index contributed by atoms with van der Waals surface area (Å²) >= 11 is 12.1. The van der Waals surface area contributed by atoms with Gasteiger partial charge in [0.1, 0.15) is 5.82 Å². The summed E-state index contributed by atoms with van der Waals surface area (Å²) in [5.41, 5.74) is 2.36. The van der Waals surface area contributed by atoms with Gasteiger partial charge < -0.3 is 15.2 Å². The fraction of sp³-hybridized carbons (Fsp3) is 0.421. The first kappa shape index (κ1) is 20.6. The van der Waals surface area contributed by atoms with Crippen LogP contribution in [-0.2, 0) is 0 Å². The SMILES string of the molecule is CCN(CC)CC(C)Nc1cc(C)nc(Nc2nc3cc(Cl)c(Cl)cc3[nH]2)n1. The molecule has 28 heavy (non-hydrogen) atoms. The standard InChI is InChI=1S/C19H25Cl2N7/c1-5-28(6-2)10-12(4)22-17-7-11(3)23-18(26-17)27-19-24-15-8-13(20)14(21)9-16(15)25-19/h7-9,12H,5-6,10H2,1-4H3,(H3,22,23,24,25,26,27). The van der Waals surface area contributed by atoms with Crippen molar-refractivity contribution in [1.29, 1.82) is 0 Å².